The van der Waals surface area contributed by atoms with Crippen molar-refractivity contribution in [2.24, 2.45) is 0 Å². The standard InChI is InChI=1S/C25H25Cl2NO4/c1-14(2)25-19(9-8-16(29)12-17(30)13-23(31)32)24(18-5-3-4-6-21(18)27)20-11-15(26)7-10-22(20)28-25/h3-11,14,16-17,29-30H,12-13H2,1-2H3,(H,31,32)/b9-8+. The fourth-order valence-electron chi connectivity index (χ4n) is 3.68. The topological polar surface area (TPSA) is 90.7 Å². The van der Waals surface area contributed by atoms with Crippen molar-refractivity contribution in [3.05, 3.63) is 69.8 Å². The smallest absolute Gasteiger partial charge is 0.305 e. The highest BCUT2D eigenvalue weighted by molar-refractivity contribution is 6.34. The number of rotatable bonds is 8. The third kappa shape index (κ3) is 5.67. The number of benzene rings is 2. The van der Waals surface area contributed by atoms with Crippen molar-refractivity contribution >= 4 is 46.2 Å². The van der Waals surface area contributed by atoms with Crippen LogP contribution in [0.15, 0.2) is 48.5 Å². The second-order valence-electron chi connectivity index (χ2n) is 8.00. The maximum absolute atomic E-state index is 10.8. The van der Waals surface area contributed by atoms with Crippen LogP contribution in [0.4, 0.5) is 0 Å². The van der Waals surface area contributed by atoms with Gasteiger partial charge in [-0.2, -0.15) is 0 Å². The van der Waals surface area contributed by atoms with E-state index in [4.69, 9.17) is 33.3 Å². The minimum Gasteiger partial charge on any atom is -0.481 e. The van der Waals surface area contributed by atoms with Crippen LogP contribution < -0.4 is 0 Å². The number of halogens is 2. The molecule has 0 aliphatic heterocycles. The van der Waals surface area contributed by atoms with E-state index in [-0.39, 0.29) is 12.3 Å². The molecule has 0 spiro atoms. The molecule has 1 aromatic heterocycles. The van der Waals surface area contributed by atoms with E-state index in [1.807, 2.05) is 50.2 Å². The number of carbonyl (C=O) groups is 1. The van der Waals surface area contributed by atoms with Gasteiger partial charge in [0.1, 0.15) is 0 Å². The molecule has 32 heavy (non-hydrogen) atoms. The summed E-state index contributed by atoms with van der Waals surface area (Å²) in [6, 6.07) is 13.0. The van der Waals surface area contributed by atoms with Crippen LogP contribution in [0.2, 0.25) is 10.0 Å². The highest BCUT2D eigenvalue weighted by Gasteiger charge is 2.20. The van der Waals surface area contributed by atoms with Gasteiger partial charge in [-0.05, 0) is 30.2 Å². The fourth-order valence-corrected chi connectivity index (χ4v) is 4.08. The van der Waals surface area contributed by atoms with Crippen molar-refractivity contribution in [1.82, 2.24) is 4.98 Å². The lowest BCUT2D eigenvalue weighted by Gasteiger charge is -2.19. The number of nitrogens with zero attached hydrogens (tertiary/aromatic N) is 1. The number of carboxylic acid groups (broad SMARTS) is 1. The average Bonchev–Trinajstić information content (AvgIpc) is 2.71. The zero-order valence-electron chi connectivity index (χ0n) is 17.8. The van der Waals surface area contributed by atoms with Crippen LogP contribution in [-0.2, 0) is 4.79 Å². The van der Waals surface area contributed by atoms with Crippen molar-refractivity contribution in [1.29, 1.82) is 0 Å². The highest BCUT2D eigenvalue weighted by atomic mass is 35.5. The lowest BCUT2D eigenvalue weighted by atomic mass is 9.90. The number of hydrogen-bond donors (Lipinski definition) is 3. The Balaban J connectivity index is 2.19. The summed E-state index contributed by atoms with van der Waals surface area (Å²) >= 11 is 12.9. The van der Waals surface area contributed by atoms with E-state index in [0.29, 0.717) is 10.0 Å². The number of aliphatic carboxylic acids is 1. The summed E-state index contributed by atoms with van der Waals surface area (Å²) in [5.74, 6) is -1.04. The first-order valence-corrected chi connectivity index (χ1v) is 11.1. The molecule has 0 saturated heterocycles. The van der Waals surface area contributed by atoms with Gasteiger partial charge >= 0.3 is 5.97 Å². The van der Waals surface area contributed by atoms with Gasteiger partial charge in [-0.1, -0.05) is 67.4 Å². The lowest BCUT2D eigenvalue weighted by molar-refractivity contribution is -0.139. The number of aromatic nitrogens is 1. The molecule has 0 saturated carbocycles. The van der Waals surface area contributed by atoms with Gasteiger partial charge in [-0.15, -0.1) is 0 Å². The highest BCUT2D eigenvalue weighted by Crippen LogP contribution is 2.40. The molecule has 5 nitrogen and oxygen atoms in total. The molecular weight excluding hydrogens is 449 g/mol. The van der Waals surface area contributed by atoms with Gasteiger partial charge in [0.25, 0.3) is 0 Å². The summed E-state index contributed by atoms with van der Waals surface area (Å²) in [5.41, 5.74) is 4.05. The Morgan fingerprint density at radius 1 is 1.12 bits per heavy atom. The largest absolute Gasteiger partial charge is 0.481 e. The van der Waals surface area contributed by atoms with E-state index in [1.165, 1.54) is 0 Å². The number of pyridine rings is 1. The normalized spacial score (nSPS) is 13.7. The minimum atomic E-state index is -1.15. The van der Waals surface area contributed by atoms with E-state index in [0.717, 1.165) is 33.3 Å². The van der Waals surface area contributed by atoms with Gasteiger partial charge in [0.15, 0.2) is 0 Å². The van der Waals surface area contributed by atoms with Crippen molar-refractivity contribution in [3.63, 3.8) is 0 Å². The quantitative estimate of drug-likeness (QED) is 0.376. The van der Waals surface area contributed by atoms with Crippen LogP contribution in [-0.4, -0.2) is 38.5 Å². The summed E-state index contributed by atoms with van der Waals surface area (Å²) in [4.78, 5) is 15.6. The Hall–Kier alpha value is -2.44. The summed E-state index contributed by atoms with van der Waals surface area (Å²) in [7, 11) is 0. The van der Waals surface area contributed by atoms with E-state index >= 15 is 0 Å². The summed E-state index contributed by atoms with van der Waals surface area (Å²) in [6.45, 7) is 4.07. The molecule has 0 aliphatic carbocycles. The van der Waals surface area contributed by atoms with Crippen LogP contribution in [0.25, 0.3) is 28.1 Å². The van der Waals surface area contributed by atoms with Gasteiger partial charge in [-0.25, -0.2) is 0 Å². The number of fused-ring (bicyclic) bond motifs is 1. The molecule has 2 unspecified atom stereocenters. The first-order valence-electron chi connectivity index (χ1n) is 10.3. The molecule has 0 fully saturated rings. The van der Waals surface area contributed by atoms with Crippen molar-refractivity contribution in [2.45, 2.75) is 44.8 Å². The van der Waals surface area contributed by atoms with Gasteiger partial charge in [0.2, 0.25) is 0 Å². The van der Waals surface area contributed by atoms with E-state index in [9.17, 15) is 15.0 Å². The Morgan fingerprint density at radius 3 is 2.50 bits per heavy atom. The lowest BCUT2D eigenvalue weighted by Crippen LogP contribution is -2.19. The van der Waals surface area contributed by atoms with Crippen molar-refractivity contribution in [2.75, 3.05) is 0 Å². The molecule has 2 atom stereocenters. The molecule has 3 aromatic rings. The number of hydrogen-bond acceptors (Lipinski definition) is 4. The second kappa shape index (κ2) is 10.5. The molecule has 3 rings (SSSR count). The van der Waals surface area contributed by atoms with Crippen molar-refractivity contribution < 1.29 is 20.1 Å². The van der Waals surface area contributed by atoms with E-state index in [2.05, 4.69) is 0 Å². The summed E-state index contributed by atoms with van der Waals surface area (Å²) in [5, 5.41) is 31.0. The first kappa shape index (κ1) is 24.2. The average molecular weight is 474 g/mol. The molecule has 0 radical (unpaired) electrons. The predicted molar refractivity (Wildman–Crippen MR) is 129 cm³/mol. The van der Waals surface area contributed by atoms with Crippen LogP contribution >= 0.6 is 23.2 Å². The number of aliphatic hydroxyl groups excluding tert-OH is 2. The third-order valence-electron chi connectivity index (χ3n) is 5.11. The summed E-state index contributed by atoms with van der Waals surface area (Å²) in [6.07, 6.45) is 0.619. The molecule has 7 heteroatoms. The SMILES string of the molecule is CC(C)c1nc2ccc(Cl)cc2c(-c2ccccc2Cl)c1/C=C/C(O)CC(O)CC(=O)O. The van der Waals surface area contributed by atoms with Gasteiger partial charge < -0.3 is 15.3 Å². The zero-order chi connectivity index (χ0) is 23.4. The number of aliphatic hydroxyl groups is 2. The van der Waals surface area contributed by atoms with Crippen LogP contribution in [0, 0.1) is 0 Å². The van der Waals surface area contributed by atoms with Crippen LogP contribution in [0.1, 0.15) is 43.9 Å². The molecule has 1 heterocycles. The Bertz CT molecular complexity index is 1160. The maximum Gasteiger partial charge on any atom is 0.305 e. The Labute approximate surface area is 197 Å². The number of carboxylic acids is 1. The molecule has 0 bridgehead atoms. The molecular formula is C25H25Cl2NO4. The second-order valence-corrected chi connectivity index (χ2v) is 8.84. The maximum atomic E-state index is 10.8. The Morgan fingerprint density at radius 2 is 1.84 bits per heavy atom. The van der Waals surface area contributed by atoms with Crippen molar-refractivity contribution in [3.8, 4) is 11.1 Å². The monoisotopic (exact) mass is 473 g/mol. The molecule has 0 aliphatic rings. The summed E-state index contributed by atoms with van der Waals surface area (Å²) < 4.78 is 0. The van der Waals surface area contributed by atoms with Gasteiger partial charge in [0.05, 0.1) is 29.8 Å². The third-order valence-corrected chi connectivity index (χ3v) is 5.68. The predicted octanol–water partition coefficient (Wildman–Crippen LogP) is 5.93. The molecule has 3 N–H and O–H groups in total. The van der Waals surface area contributed by atoms with E-state index < -0.39 is 24.6 Å². The molecule has 168 valence electrons. The van der Waals surface area contributed by atoms with E-state index in [1.54, 1.807) is 18.2 Å². The fraction of sp³-hybridized carbons (Fsp3) is 0.280. The molecule has 2 aromatic carbocycles. The van der Waals surface area contributed by atoms with Gasteiger partial charge in [-0.3, -0.25) is 9.78 Å². The molecule has 0 amide bonds. The Kier molecular flexibility index (Phi) is 7.91. The van der Waals surface area contributed by atoms with Crippen LogP contribution in [0.3, 0.4) is 0 Å². The van der Waals surface area contributed by atoms with Crippen LogP contribution in [0.5, 0.6) is 0 Å². The zero-order valence-corrected chi connectivity index (χ0v) is 19.3. The first-order chi connectivity index (χ1) is 15.2. The minimum absolute atomic E-state index is 0.0747. The van der Waals surface area contributed by atoms with Gasteiger partial charge in [0, 0.05) is 38.5 Å².